The van der Waals surface area contributed by atoms with Gasteiger partial charge in [-0.25, -0.2) is 5.11 Å². The minimum atomic E-state index is -0.586. The molecule has 1 radical (unpaired) electrons. The van der Waals surface area contributed by atoms with Gasteiger partial charge in [0, 0.05) is 0 Å². The Morgan fingerprint density at radius 2 is 1.60 bits per heavy atom. The third kappa shape index (κ3) is 1.34. The molecule has 77 valence electrons. The Kier molecular flexibility index (Phi) is 2.28. The summed E-state index contributed by atoms with van der Waals surface area (Å²) >= 11 is 0. The monoisotopic (exact) mass is 204 g/mol. The van der Waals surface area contributed by atoms with E-state index in [4.69, 9.17) is 0 Å². The Hall–Kier alpha value is -1.68. The first kappa shape index (κ1) is 9.86. The Morgan fingerprint density at radius 1 is 1.13 bits per heavy atom. The topological polar surface area (TPSA) is 57.3 Å². The minimum absolute atomic E-state index is 0.362. The molecule has 0 saturated heterocycles. The van der Waals surface area contributed by atoms with Gasteiger partial charge in [-0.1, -0.05) is 12.1 Å². The molecule has 0 aromatic heterocycles. The molecule has 4 nitrogen and oxygen atoms in total. The van der Waals surface area contributed by atoms with Gasteiger partial charge in [-0.2, -0.15) is 0 Å². The SMILES string of the molecule is CC(C[O])N1C(=O)c2ccccc2C1=O. The first-order chi connectivity index (χ1) is 7.16. The molecule has 2 amide bonds. The summed E-state index contributed by atoms with van der Waals surface area (Å²) in [7, 11) is 0. The number of rotatable bonds is 2. The van der Waals surface area contributed by atoms with Gasteiger partial charge in [-0.05, 0) is 19.1 Å². The number of hydrogen-bond donors (Lipinski definition) is 0. The van der Waals surface area contributed by atoms with Gasteiger partial charge in [0.05, 0.1) is 17.2 Å². The lowest BCUT2D eigenvalue weighted by molar-refractivity contribution is 0.0476. The van der Waals surface area contributed by atoms with Crippen LogP contribution in [0.5, 0.6) is 0 Å². The van der Waals surface area contributed by atoms with Gasteiger partial charge in [-0.15, -0.1) is 0 Å². The van der Waals surface area contributed by atoms with E-state index in [1.165, 1.54) is 0 Å². The summed E-state index contributed by atoms with van der Waals surface area (Å²) in [4.78, 5) is 24.6. The average molecular weight is 204 g/mol. The molecule has 1 heterocycles. The second-order valence-electron chi connectivity index (χ2n) is 3.54. The molecular formula is C11H10NO3. The smallest absolute Gasteiger partial charge is 0.261 e. The Balaban J connectivity index is 2.45. The van der Waals surface area contributed by atoms with Crippen LogP contribution in [0.25, 0.3) is 0 Å². The standard InChI is InChI=1S/C11H10NO3/c1-7(6-13)12-10(14)8-4-2-3-5-9(8)11(12)15/h2-5,7H,6H2,1H3. The highest BCUT2D eigenvalue weighted by atomic mass is 16.3. The van der Waals surface area contributed by atoms with Gasteiger partial charge in [0.1, 0.15) is 6.61 Å². The fraction of sp³-hybridized carbons (Fsp3) is 0.273. The van der Waals surface area contributed by atoms with Crippen LogP contribution in [0, 0.1) is 0 Å². The first-order valence-electron chi connectivity index (χ1n) is 4.72. The summed E-state index contributed by atoms with van der Waals surface area (Å²) in [5.41, 5.74) is 0.783. The van der Waals surface area contributed by atoms with E-state index in [1.807, 2.05) is 0 Å². The number of benzene rings is 1. The molecule has 4 heteroatoms. The van der Waals surface area contributed by atoms with E-state index in [2.05, 4.69) is 0 Å². The zero-order valence-corrected chi connectivity index (χ0v) is 8.27. The first-order valence-corrected chi connectivity index (χ1v) is 4.72. The maximum atomic E-state index is 11.8. The second-order valence-corrected chi connectivity index (χ2v) is 3.54. The minimum Gasteiger partial charge on any atom is -0.269 e. The van der Waals surface area contributed by atoms with Crippen LogP contribution in [-0.4, -0.2) is 29.4 Å². The normalized spacial score (nSPS) is 16.8. The van der Waals surface area contributed by atoms with E-state index in [1.54, 1.807) is 31.2 Å². The highest BCUT2D eigenvalue weighted by Gasteiger charge is 2.37. The van der Waals surface area contributed by atoms with E-state index in [-0.39, 0.29) is 11.8 Å². The van der Waals surface area contributed by atoms with Gasteiger partial charge in [-0.3, -0.25) is 14.5 Å². The molecule has 2 rings (SSSR count). The largest absolute Gasteiger partial charge is 0.269 e. The number of carbonyl (C=O) groups excluding carboxylic acids is 2. The van der Waals surface area contributed by atoms with Crippen molar-refractivity contribution in [3.8, 4) is 0 Å². The molecule has 0 aliphatic carbocycles. The van der Waals surface area contributed by atoms with E-state index >= 15 is 0 Å². The quantitative estimate of drug-likeness (QED) is 0.677. The summed E-state index contributed by atoms with van der Waals surface area (Å²) in [6.07, 6.45) is 0. The summed E-state index contributed by atoms with van der Waals surface area (Å²) in [5.74, 6) is -0.724. The van der Waals surface area contributed by atoms with Gasteiger partial charge < -0.3 is 0 Å². The number of imide groups is 1. The van der Waals surface area contributed by atoms with Gasteiger partial charge in [0.15, 0.2) is 0 Å². The molecule has 0 bridgehead atoms. The highest BCUT2D eigenvalue weighted by Crippen LogP contribution is 2.23. The zero-order chi connectivity index (χ0) is 11.0. The van der Waals surface area contributed by atoms with Crippen LogP contribution in [0.3, 0.4) is 0 Å². The van der Waals surface area contributed by atoms with Crippen molar-refractivity contribution in [3.05, 3.63) is 35.4 Å². The van der Waals surface area contributed by atoms with Crippen LogP contribution < -0.4 is 0 Å². The molecule has 1 aliphatic rings. The van der Waals surface area contributed by atoms with E-state index in [9.17, 15) is 14.7 Å². The van der Waals surface area contributed by atoms with E-state index < -0.39 is 12.6 Å². The number of hydrogen-bond acceptors (Lipinski definition) is 2. The Morgan fingerprint density at radius 3 is 2.00 bits per heavy atom. The van der Waals surface area contributed by atoms with Crippen LogP contribution in [0.15, 0.2) is 24.3 Å². The predicted molar refractivity (Wildman–Crippen MR) is 52.0 cm³/mol. The summed E-state index contributed by atoms with van der Waals surface area (Å²) in [6, 6.07) is 6.03. The van der Waals surface area contributed by atoms with Crippen molar-refractivity contribution < 1.29 is 14.7 Å². The Bertz CT molecular complexity index is 393. The molecule has 1 atom stereocenters. The zero-order valence-electron chi connectivity index (χ0n) is 8.27. The van der Waals surface area contributed by atoms with Crippen molar-refractivity contribution in [2.24, 2.45) is 0 Å². The molecular weight excluding hydrogens is 194 g/mol. The van der Waals surface area contributed by atoms with Gasteiger partial charge in [0.2, 0.25) is 0 Å². The molecule has 1 aromatic rings. The van der Waals surface area contributed by atoms with Crippen molar-refractivity contribution in [2.75, 3.05) is 6.61 Å². The maximum Gasteiger partial charge on any atom is 0.261 e. The number of carbonyl (C=O) groups is 2. The van der Waals surface area contributed by atoms with Crippen molar-refractivity contribution in [1.82, 2.24) is 4.90 Å². The summed E-state index contributed by atoms with van der Waals surface area (Å²) in [5, 5.41) is 10.7. The van der Waals surface area contributed by atoms with Crippen LogP contribution in [0.1, 0.15) is 27.6 Å². The summed E-state index contributed by atoms with van der Waals surface area (Å²) < 4.78 is 0. The van der Waals surface area contributed by atoms with Crippen LogP contribution in [0.4, 0.5) is 0 Å². The fourth-order valence-electron chi connectivity index (χ4n) is 1.68. The molecule has 0 N–H and O–H groups in total. The highest BCUT2D eigenvalue weighted by molar-refractivity contribution is 6.21. The number of nitrogens with zero attached hydrogens (tertiary/aromatic N) is 1. The van der Waals surface area contributed by atoms with E-state index in [0.29, 0.717) is 11.1 Å². The van der Waals surface area contributed by atoms with E-state index in [0.717, 1.165) is 4.90 Å². The van der Waals surface area contributed by atoms with Crippen LogP contribution >= 0.6 is 0 Å². The predicted octanol–water partition coefficient (Wildman–Crippen LogP) is 1.10. The van der Waals surface area contributed by atoms with Gasteiger partial charge >= 0.3 is 0 Å². The van der Waals surface area contributed by atoms with Crippen LogP contribution in [-0.2, 0) is 5.11 Å². The third-order valence-electron chi connectivity index (χ3n) is 2.51. The molecule has 1 aliphatic heterocycles. The molecule has 1 unspecified atom stereocenters. The lowest BCUT2D eigenvalue weighted by Crippen LogP contribution is -2.39. The summed E-state index contributed by atoms with van der Waals surface area (Å²) in [6.45, 7) is 1.11. The average Bonchev–Trinajstić information content (AvgIpc) is 2.52. The van der Waals surface area contributed by atoms with Crippen molar-refractivity contribution in [3.63, 3.8) is 0 Å². The maximum absolute atomic E-state index is 11.8. The number of amides is 2. The molecule has 0 saturated carbocycles. The molecule has 0 fully saturated rings. The van der Waals surface area contributed by atoms with Gasteiger partial charge in [0.25, 0.3) is 11.8 Å². The van der Waals surface area contributed by atoms with Crippen LogP contribution in [0.2, 0.25) is 0 Å². The lowest BCUT2D eigenvalue weighted by atomic mass is 10.1. The lowest BCUT2D eigenvalue weighted by Gasteiger charge is -2.19. The second kappa shape index (κ2) is 3.47. The third-order valence-corrected chi connectivity index (χ3v) is 2.51. The fourth-order valence-corrected chi connectivity index (χ4v) is 1.68. The Labute approximate surface area is 87.1 Å². The molecule has 15 heavy (non-hydrogen) atoms. The number of fused-ring (bicyclic) bond motifs is 1. The molecule has 0 spiro atoms. The van der Waals surface area contributed by atoms with Crippen molar-refractivity contribution in [1.29, 1.82) is 0 Å². The van der Waals surface area contributed by atoms with Crippen molar-refractivity contribution in [2.45, 2.75) is 13.0 Å². The van der Waals surface area contributed by atoms with Crippen molar-refractivity contribution >= 4 is 11.8 Å². The molecule has 1 aromatic carbocycles.